The van der Waals surface area contributed by atoms with Gasteiger partial charge in [-0.15, -0.1) is 11.3 Å². The first-order chi connectivity index (χ1) is 7.49. The van der Waals surface area contributed by atoms with Gasteiger partial charge in [0.15, 0.2) is 0 Å². The van der Waals surface area contributed by atoms with E-state index in [9.17, 15) is 0 Å². The summed E-state index contributed by atoms with van der Waals surface area (Å²) in [7, 11) is 2.04. The molecule has 2 rings (SSSR count). The first-order valence-electron chi connectivity index (χ1n) is 6.15. The molecular weight excluding hydrogens is 216 g/mol. The number of nitrogens with one attached hydrogen (secondary N) is 1. The second-order valence-electron chi connectivity index (χ2n) is 5.89. The minimum Gasteiger partial charge on any atom is -0.312 e. The molecule has 1 heterocycles. The van der Waals surface area contributed by atoms with Crippen molar-refractivity contribution >= 4 is 11.3 Å². The molecule has 0 amide bonds. The van der Waals surface area contributed by atoms with Crippen LogP contribution in [0.2, 0.25) is 0 Å². The maximum absolute atomic E-state index is 4.84. The average molecular weight is 238 g/mol. The summed E-state index contributed by atoms with van der Waals surface area (Å²) in [5, 5.41) is 4.70. The van der Waals surface area contributed by atoms with Crippen LogP contribution in [0, 0.1) is 5.41 Å². The molecule has 0 bridgehead atoms. The molecule has 1 aliphatic carbocycles. The smallest absolute Gasteiger partial charge is 0.0937 e. The van der Waals surface area contributed by atoms with Crippen molar-refractivity contribution in [2.75, 3.05) is 7.05 Å². The van der Waals surface area contributed by atoms with E-state index in [4.69, 9.17) is 4.98 Å². The van der Waals surface area contributed by atoms with Gasteiger partial charge in [-0.3, -0.25) is 0 Å². The Labute approximate surface area is 102 Å². The van der Waals surface area contributed by atoms with E-state index < -0.39 is 0 Å². The van der Waals surface area contributed by atoms with E-state index in [-0.39, 0.29) is 0 Å². The molecule has 1 aromatic rings. The topological polar surface area (TPSA) is 24.9 Å². The number of thiazole rings is 1. The van der Waals surface area contributed by atoms with Crippen LogP contribution in [-0.2, 0) is 12.8 Å². The SMILES string of the molecule is CNC1CCCc2sc(CC(C)(C)C)nc21. The Balaban J connectivity index is 2.22. The van der Waals surface area contributed by atoms with Gasteiger partial charge >= 0.3 is 0 Å². The third-order valence-corrected chi connectivity index (χ3v) is 4.16. The Hall–Kier alpha value is -0.410. The van der Waals surface area contributed by atoms with Crippen molar-refractivity contribution in [3.63, 3.8) is 0 Å². The molecule has 1 atom stereocenters. The van der Waals surface area contributed by atoms with Gasteiger partial charge in [-0.2, -0.15) is 0 Å². The highest BCUT2D eigenvalue weighted by atomic mass is 32.1. The molecule has 1 aromatic heterocycles. The number of hydrogen-bond donors (Lipinski definition) is 1. The van der Waals surface area contributed by atoms with Crippen LogP contribution in [0.25, 0.3) is 0 Å². The Morgan fingerprint density at radius 3 is 2.81 bits per heavy atom. The maximum atomic E-state index is 4.84. The number of aromatic nitrogens is 1. The van der Waals surface area contributed by atoms with Gasteiger partial charge in [-0.25, -0.2) is 4.98 Å². The third kappa shape index (κ3) is 2.64. The van der Waals surface area contributed by atoms with Crippen LogP contribution in [0.1, 0.15) is 55.2 Å². The first-order valence-corrected chi connectivity index (χ1v) is 6.97. The molecule has 16 heavy (non-hydrogen) atoms. The summed E-state index contributed by atoms with van der Waals surface area (Å²) < 4.78 is 0. The highest BCUT2D eigenvalue weighted by Gasteiger charge is 2.24. The lowest BCUT2D eigenvalue weighted by atomic mass is 9.93. The molecule has 0 saturated carbocycles. The molecule has 0 fully saturated rings. The van der Waals surface area contributed by atoms with Gasteiger partial charge in [-0.05, 0) is 31.7 Å². The van der Waals surface area contributed by atoms with Crippen LogP contribution in [0.4, 0.5) is 0 Å². The molecule has 0 saturated heterocycles. The fourth-order valence-corrected chi connectivity index (χ4v) is 3.75. The van der Waals surface area contributed by atoms with Crippen molar-refractivity contribution in [1.82, 2.24) is 10.3 Å². The van der Waals surface area contributed by atoms with E-state index in [0.717, 1.165) is 6.42 Å². The Bertz CT molecular complexity index is 362. The van der Waals surface area contributed by atoms with Gasteiger partial charge in [0.25, 0.3) is 0 Å². The summed E-state index contributed by atoms with van der Waals surface area (Å²) in [4.78, 5) is 6.36. The third-order valence-electron chi connectivity index (χ3n) is 3.03. The predicted octanol–water partition coefficient (Wildman–Crippen LogP) is 3.33. The summed E-state index contributed by atoms with van der Waals surface area (Å²) in [6, 6.07) is 0.494. The normalized spacial score (nSPS) is 20.9. The van der Waals surface area contributed by atoms with Crippen molar-refractivity contribution in [3.8, 4) is 0 Å². The fraction of sp³-hybridized carbons (Fsp3) is 0.769. The lowest BCUT2D eigenvalue weighted by Gasteiger charge is -2.20. The summed E-state index contributed by atoms with van der Waals surface area (Å²) in [6.45, 7) is 6.84. The van der Waals surface area contributed by atoms with Gasteiger partial charge < -0.3 is 5.32 Å². The first kappa shape index (κ1) is 12.1. The highest BCUT2D eigenvalue weighted by molar-refractivity contribution is 7.11. The Kier molecular flexibility index (Phi) is 3.36. The minimum atomic E-state index is 0.343. The zero-order valence-electron chi connectivity index (χ0n) is 10.8. The molecule has 1 aliphatic rings. The van der Waals surface area contributed by atoms with Gasteiger partial charge in [0.2, 0.25) is 0 Å². The minimum absolute atomic E-state index is 0.343. The van der Waals surface area contributed by atoms with E-state index in [2.05, 4.69) is 26.1 Å². The Morgan fingerprint density at radius 2 is 2.19 bits per heavy atom. The van der Waals surface area contributed by atoms with Crippen LogP contribution in [0.3, 0.4) is 0 Å². The molecule has 0 aromatic carbocycles. The van der Waals surface area contributed by atoms with Gasteiger partial charge in [-0.1, -0.05) is 20.8 Å². The van der Waals surface area contributed by atoms with E-state index >= 15 is 0 Å². The van der Waals surface area contributed by atoms with Crippen LogP contribution < -0.4 is 5.32 Å². The number of hydrogen-bond acceptors (Lipinski definition) is 3. The molecule has 0 radical (unpaired) electrons. The number of fused-ring (bicyclic) bond motifs is 1. The van der Waals surface area contributed by atoms with Crippen LogP contribution in [0.5, 0.6) is 0 Å². The van der Waals surface area contributed by atoms with Crippen LogP contribution >= 0.6 is 11.3 Å². The quantitative estimate of drug-likeness (QED) is 0.855. The van der Waals surface area contributed by atoms with Gasteiger partial charge in [0, 0.05) is 11.3 Å². The molecular formula is C13H22N2S. The van der Waals surface area contributed by atoms with Crippen molar-refractivity contribution < 1.29 is 0 Å². The molecule has 2 nitrogen and oxygen atoms in total. The molecule has 1 unspecified atom stereocenters. The average Bonchev–Trinajstić information content (AvgIpc) is 2.56. The lowest BCUT2D eigenvalue weighted by Crippen LogP contribution is -2.21. The predicted molar refractivity (Wildman–Crippen MR) is 70.0 cm³/mol. The Morgan fingerprint density at radius 1 is 1.44 bits per heavy atom. The zero-order valence-corrected chi connectivity index (χ0v) is 11.6. The lowest BCUT2D eigenvalue weighted by molar-refractivity contribution is 0.408. The largest absolute Gasteiger partial charge is 0.312 e. The van der Waals surface area contributed by atoms with E-state index in [1.807, 2.05) is 18.4 Å². The van der Waals surface area contributed by atoms with Crippen molar-refractivity contribution in [1.29, 1.82) is 0 Å². The van der Waals surface area contributed by atoms with Crippen LogP contribution in [0.15, 0.2) is 0 Å². The fourth-order valence-electron chi connectivity index (χ4n) is 2.28. The highest BCUT2D eigenvalue weighted by Crippen LogP contribution is 2.35. The van der Waals surface area contributed by atoms with E-state index in [0.29, 0.717) is 11.5 Å². The van der Waals surface area contributed by atoms with E-state index in [1.54, 1.807) is 0 Å². The molecule has 0 aliphatic heterocycles. The molecule has 1 N–H and O–H groups in total. The van der Waals surface area contributed by atoms with Crippen molar-refractivity contribution in [2.45, 2.75) is 52.5 Å². The summed E-state index contributed by atoms with van der Waals surface area (Å²) >= 11 is 1.93. The zero-order chi connectivity index (χ0) is 11.8. The number of aryl methyl sites for hydroxylation is 1. The summed E-state index contributed by atoms with van der Waals surface area (Å²) in [5.74, 6) is 0. The molecule has 0 spiro atoms. The van der Waals surface area contributed by atoms with Crippen molar-refractivity contribution in [2.24, 2.45) is 5.41 Å². The summed E-state index contributed by atoms with van der Waals surface area (Å²) in [6.07, 6.45) is 4.87. The second kappa shape index (κ2) is 4.46. The maximum Gasteiger partial charge on any atom is 0.0937 e. The van der Waals surface area contributed by atoms with Gasteiger partial charge in [0.05, 0.1) is 16.7 Å². The summed E-state index contributed by atoms with van der Waals surface area (Å²) in [5.41, 5.74) is 1.67. The number of rotatable bonds is 2. The standard InChI is InChI=1S/C13H22N2S/c1-13(2,3)8-11-15-12-9(14-4)6-5-7-10(12)16-11/h9,14H,5-8H2,1-4H3. The molecule has 3 heteroatoms. The molecule has 90 valence electrons. The van der Waals surface area contributed by atoms with Crippen molar-refractivity contribution in [3.05, 3.63) is 15.6 Å². The van der Waals surface area contributed by atoms with E-state index in [1.165, 1.54) is 34.8 Å². The second-order valence-corrected chi connectivity index (χ2v) is 7.06. The van der Waals surface area contributed by atoms with Gasteiger partial charge in [0.1, 0.15) is 0 Å². The van der Waals surface area contributed by atoms with Crippen LogP contribution in [-0.4, -0.2) is 12.0 Å². The monoisotopic (exact) mass is 238 g/mol. The number of nitrogens with zero attached hydrogens (tertiary/aromatic N) is 1.